The molecular formula is C19H28F2N4O4. The first-order valence-corrected chi connectivity index (χ1v) is 9.56. The Morgan fingerprint density at radius 3 is 2.41 bits per heavy atom. The highest BCUT2D eigenvalue weighted by molar-refractivity contribution is 5.80. The molecule has 0 bridgehead atoms. The van der Waals surface area contributed by atoms with Crippen LogP contribution in [0.5, 0.6) is 11.5 Å². The van der Waals surface area contributed by atoms with Gasteiger partial charge in [-0.15, -0.1) is 0 Å². The lowest BCUT2D eigenvalue weighted by molar-refractivity contribution is -0.0514. The number of hydrogen-bond acceptors (Lipinski definition) is 5. The van der Waals surface area contributed by atoms with E-state index < -0.39 is 6.61 Å². The number of nitrogens with zero attached hydrogens (tertiary/aromatic N) is 3. The fourth-order valence-electron chi connectivity index (χ4n) is 2.95. The van der Waals surface area contributed by atoms with Crippen LogP contribution in [0, 0.1) is 0 Å². The van der Waals surface area contributed by atoms with Crippen molar-refractivity contribution in [3.05, 3.63) is 23.8 Å². The monoisotopic (exact) mass is 414 g/mol. The van der Waals surface area contributed by atoms with E-state index in [1.54, 1.807) is 37.9 Å². The van der Waals surface area contributed by atoms with Crippen molar-refractivity contribution < 1.29 is 27.8 Å². The number of carbonyl (C=O) groups is 1. The van der Waals surface area contributed by atoms with Gasteiger partial charge in [-0.3, -0.25) is 4.99 Å². The molecule has 1 saturated heterocycles. The van der Waals surface area contributed by atoms with Crippen molar-refractivity contribution >= 4 is 12.1 Å². The first kappa shape index (κ1) is 22.5. The van der Waals surface area contributed by atoms with E-state index in [4.69, 9.17) is 9.47 Å². The number of amides is 1. The van der Waals surface area contributed by atoms with Crippen LogP contribution in [-0.2, 0) is 11.3 Å². The summed E-state index contributed by atoms with van der Waals surface area (Å²) in [5.41, 5.74) is 0.835. The summed E-state index contributed by atoms with van der Waals surface area (Å²) in [6, 6.07) is 4.83. The van der Waals surface area contributed by atoms with Gasteiger partial charge in [0, 0.05) is 39.8 Å². The van der Waals surface area contributed by atoms with E-state index in [1.807, 2.05) is 4.90 Å². The molecule has 0 saturated carbocycles. The molecule has 1 aliphatic rings. The molecule has 2 rings (SSSR count). The lowest BCUT2D eigenvalue weighted by Crippen LogP contribution is -2.53. The van der Waals surface area contributed by atoms with Gasteiger partial charge < -0.3 is 29.3 Å². The molecule has 1 fully saturated rings. The number of nitrogens with one attached hydrogen (secondary N) is 1. The highest BCUT2D eigenvalue weighted by Gasteiger charge is 2.23. The van der Waals surface area contributed by atoms with Crippen LogP contribution in [0.4, 0.5) is 13.6 Å². The van der Waals surface area contributed by atoms with E-state index in [-0.39, 0.29) is 17.6 Å². The van der Waals surface area contributed by atoms with E-state index in [2.05, 4.69) is 15.0 Å². The van der Waals surface area contributed by atoms with Gasteiger partial charge in [-0.05, 0) is 31.5 Å². The highest BCUT2D eigenvalue weighted by Crippen LogP contribution is 2.29. The Balaban J connectivity index is 1.94. The molecule has 0 radical (unpaired) electrons. The topological polar surface area (TPSA) is 75.6 Å². The predicted octanol–water partition coefficient (Wildman–Crippen LogP) is 2.54. The second-order valence-electron chi connectivity index (χ2n) is 6.17. The average molecular weight is 414 g/mol. The van der Waals surface area contributed by atoms with Crippen molar-refractivity contribution in [3.8, 4) is 11.5 Å². The Bertz CT molecular complexity index is 695. The van der Waals surface area contributed by atoms with E-state index in [0.29, 0.717) is 51.9 Å². The van der Waals surface area contributed by atoms with Crippen molar-refractivity contribution in [2.75, 3.05) is 46.4 Å². The highest BCUT2D eigenvalue weighted by atomic mass is 19.3. The molecule has 0 aliphatic carbocycles. The lowest BCUT2D eigenvalue weighted by Gasteiger charge is -2.35. The van der Waals surface area contributed by atoms with Crippen molar-refractivity contribution in [1.29, 1.82) is 0 Å². The molecule has 162 valence electrons. The van der Waals surface area contributed by atoms with Crippen molar-refractivity contribution in [1.82, 2.24) is 15.1 Å². The summed E-state index contributed by atoms with van der Waals surface area (Å²) in [5.74, 6) is 0.967. The van der Waals surface area contributed by atoms with E-state index in [0.717, 1.165) is 5.56 Å². The number of ether oxygens (including phenoxy) is 3. The quantitative estimate of drug-likeness (QED) is 0.546. The number of alkyl halides is 2. The van der Waals surface area contributed by atoms with Gasteiger partial charge in [0.15, 0.2) is 17.5 Å². The summed E-state index contributed by atoms with van der Waals surface area (Å²) in [4.78, 5) is 19.8. The Morgan fingerprint density at radius 1 is 1.14 bits per heavy atom. The molecule has 1 aliphatic heterocycles. The minimum atomic E-state index is -2.91. The standard InChI is InChI=1S/C19H28F2N4O4/c1-4-27-16-12-14(6-7-15(16)29-17(20)21)13-23-18(22-3)24-8-10-25(11-9-24)19(26)28-5-2/h6-7,12,17H,4-5,8-11,13H2,1-3H3,(H,22,23). The molecule has 1 aromatic carbocycles. The molecule has 1 aromatic rings. The first-order valence-electron chi connectivity index (χ1n) is 9.56. The van der Waals surface area contributed by atoms with E-state index in [9.17, 15) is 13.6 Å². The van der Waals surface area contributed by atoms with Gasteiger partial charge in [-0.1, -0.05) is 6.07 Å². The second kappa shape index (κ2) is 11.3. The van der Waals surface area contributed by atoms with Crippen LogP contribution in [0.2, 0.25) is 0 Å². The van der Waals surface area contributed by atoms with Gasteiger partial charge in [0.05, 0.1) is 13.2 Å². The summed E-state index contributed by atoms with van der Waals surface area (Å²) in [5, 5.41) is 3.25. The van der Waals surface area contributed by atoms with Crippen LogP contribution in [0.3, 0.4) is 0 Å². The van der Waals surface area contributed by atoms with E-state index >= 15 is 0 Å². The summed E-state index contributed by atoms with van der Waals surface area (Å²) in [6.45, 7) is 4.12. The SMILES string of the molecule is CCOC(=O)N1CCN(C(=NC)NCc2ccc(OC(F)F)c(OCC)c2)CC1. The van der Waals surface area contributed by atoms with Crippen LogP contribution in [-0.4, -0.2) is 74.9 Å². The zero-order chi connectivity index (χ0) is 21.2. The predicted molar refractivity (Wildman–Crippen MR) is 105 cm³/mol. The smallest absolute Gasteiger partial charge is 0.409 e. The largest absolute Gasteiger partial charge is 0.490 e. The molecule has 0 atom stereocenters. The van der Waals surface area contributed by atoms with Crippen LogP contribution in [0.1, 0.15) is 19.4 Å². The number of guanidine groups is 1. The lowest BCUT2D eigenvalue weighted by atomic mass is 10.2. The van der Waals surface area contributed by atoms with Gasteiger partial charge in [0.1, 0.15) is 0 Å². The fraction of sp³-hybridized carbons (Fsp3) is 0.579. The van der Waals surface area contributed by atoms with Gasteiger partial charge >= 0.3 is 12.7 Å². The Kier molecular flexibility index (Phi) is 8.75. The number of aliphatic imine (C=N–C) groups is 1. The number of piperazine rings is 1. The van der Waals surface area contributed by atoms with Crippen LogP contribution in [0.25, 0.3) is 0 Å². The summed E-state index contributed by atoms with van der Waals surface area (Å²) in [7, 11) is 1.69. The van der Waals surface area contributed by atoms with E-state index in [1.165, 1.54) is 6.07 Å². The summed E-state index contributed by atoms with van der Waals surface area (Å²) in [6.07, 6.45) is -0.301. The van der Waals surface area contributed by atoms with Gasteiger partial charge in [-0.2, -0.15) is 8.78 Å². The maximum absolute atomic E-state index is 12.5. The molecule has 29 heavy (non-hydrogen) atoms. The minimum Gasteiger partial charge on any atom is -0.490 e. The number of benzene rings is 1. The zero-order valence-corrected chi connectivity index (χ0v) is 17.0. The molecular weight excluding hydrogens is 386 g/mol. The second-order valence-corrected chi connectivity index (χ2v) is 6.17. The summed E-state index contributed by atoms with van der Waals surface area (Å²) >= 11 is 0. The molecule has 0 aromatic heterocycles. The number of rotatable bonds is 7. The summed E-state index contributed by atoms with van der Waals surface area (Å²) < 4.78 is 40.0. The number of halogens is 2. The molecule has 1 heterocycles. The molecule has 1 amide bonds. The minimum absolute atomic E-state index is 0.00469. The van der Waals surface area contributed by atoms with Crippen molar-refractivity contribution in [2.24, 2.45) is 4.99 Å². The van der Waals surface area contributed by atoms with Crippen LogP contribution < -0.4 is 14.8 Å². The van der Waals surface area contributed by atoms with Gasteiger partial charge in [0.2, 0.25) is 0 Å². The first-order chi connectivity index (χ1) is 14.0. The normalized spacial score (nSPS) is 14.8. The number of hydrogen-bond donors (Lipinski definition) is 1. The van der Waals surface area contributed by atoms with Crippen LogP contribution >= 0.6 is 0 Å². The van der Waals surface area contributed by atoms with Crippen LogP contribution in [0.15, 0.2) is 23.2 Å². The zero-order valence-electron chi connectivity index (χ0n) is 17.0. The third kappa shape index (κ3) is 6.65. The average Bonchev–Trinajstić information content (AvgIpc) is 2.71. The Morgan fingerprint density at radius 2 is 1.83 bits per heavy atom. The molecule has 0 spiro atoms. The fourth-order valence-corrected chi connectivity index (χ4v) is 2.95. The molecule has 1 N–H and O–H groups in total. The Hall–Kier alpha value is -2.78. The van der Waals surface area contributed by atoms with Crippen molar-refractivity contribution in [2.45, 2.75) is 27.0 Å². The maximum atomic E-state index is 12.5. The third-order valence-corrected chi connectivity index (χ3v) is 4.29. The van der Waals surface area contributed by atoms with Gasteiger partial charge in [0.25, 0.3) is 0 Å². The molecule has 8 nitrogen and oxygen atoms in total. The molecule has 0 unspecified atom stereocenters. The van der Waals surface area contributed by atoms with Crippen molar-refractivity contribution in [3.63, 3.8) is 0 Å². The Labute approximate surface area is 169 Å². The maximum Gasteiger partial charge on any atom is 0.409 e. The molecule has 10 heteroatoms. The van der Waals surface area contributed by atoms with Gasteiger partial charge in [-0.25, -0.2) is 4.79 Å². The third-order valence-electron chi connectivity index (χ3n) is 4.29. The number of carbonyl (C=O) groups excluding carboxylic acids is 1.